The zero-order chi connectivity index (χ0) is 8.60. The summed E-state index contributed by atoms with van der Waals surface area (Å²) in [6.45, 7) is 7.77. The molecule has 0 N–H and O–H groups in total. The fraction of sp³-hybridized carbons (Fsp3) is 1.00. The van der Waals surface area contributed by atoms with Crippen molar-refractivity contribution in [1.82, 2.24) is 4.90 Å². The molecule has 2 nitrogen and oxygen atoms in total. The van der Waals surface area contributed by atoms with Crippen LogP contribution in [0.4, 0.5) is 0 Å². The van der Waals surface area contributed by atoms with Gasteiger partial charge >= 0.3 is 0 Å². The molecule has 2 fully saturated rings. The molecular formula is C10H19NO. The third-order valence-electron chi connectivity index (χ3n) is 3.12. The summed E-state index contributed by atoms with van der Waals surface area (Å²) in [6.07, 6.45) is 3.91. The third-order valence-corrected chi connectivity index (χ3v) is 3.12. The van der Waals surface area contributed by atoms with Crippen molar-refractivity contribution in [3.63, 3.8) is 0 Å². The van der Waals surface area contributed by atoms with E-state index in [1.807, 2.05) is 0 Å². The van der Waals surface area contributed by atoms with Gasteiger partial charge in [-0.15, -0.1) is 0 Å². The minimum Gasteiger partial charge on any atom is -0.379 e. The first-order valence-electron chi connectivity index (χ1n) is 5.09. The smallest absolute Gasteiger partial charge is 0.0650 e. The van der Waals surface area contributed by atoms with E-state index in [0.717, 1.165) is 13.2 Å². The van der Waals surface area contributed by atoms with Crippen molar-refractivity contribution in [2.75, 3.05) is 19.8 Å². The first-order valence-corrected chi connectivity index (χ1v) is 5.09. The Morgan fingerprint density at radius 3 is 2.67 bits per heavy atom. The van der Waals surface area contributed by atoms with Crippen LogP contribution in [-0.2, 0) is 4.74 Å². The van der Waals surface area contributed by atoms with Crippen molar-refractivity contribution in [3.8, 4) is 0 Å². The maximum absolute atomic E-state index is 5.61. The summed E-state index contributed by atoms with van der Waals surface area (Å²) in [5.74, 6) is 0. The Balaban J connectivity index is 2.06. The normalized spacial score (nSPS) is 29.2. The summed E-state index contributed by atoms with van der Waals surface area (Å²) in [5.41, 5.74) is 0.463. The van der Waals surface area contributed by atoms with Crippen LogP contribution < -0.4 is 0 Å². The molecule has 1 saturated carbocycles. The Hall–Kier alpha value is -0.0800. The van der Waals surface area contributed by atoms with Gasteiger partial charge < -0.3 is 4.74 Å². The van der Waals surface area contributed by atoms with E-state index in [1.54, 1.807) is 0 Å². The van der Waals surface area contributed by atoms with E-state index in [-0.39, 0.29) is 0 Å². The van der Waals surface area contributed by atoms with Gasteiger partial charge in [-0.1, -0.05) is 0 Å². The zero-order valence-corrected chi connectivity index (χ0v) is 8.18. The lowest BCUT2D eigenvalue weighted by Gasteiger charge is -2.32. The molecule has 0 atom stereocenters. The third kappa shape index (κ3) is 1.38. The van der Waals surface area contributed by atoms with Gasteiger partial charge in [-0.2, -0.15) is 0 Å². The minimum atomic E-state index is 0.463. The lowest BCUT2D eigenvalue weighted by atomic mass is 10.2. The van der Waals surface area contributed by atoms with Gasteiger partial charge in [0, 0.05) is 24.7 Å². The highest BCUT2D eigenvalue weighted by Gasteiger charge is 2.49. The van der Waals surface area contributed by atoms with Crippen LogP contribution >= 0.6 is 0 Å². The minimum absolute atomic E-state index is 0.463. The largest absolute Gasteiger partial charge is 0.379 e. The van der Waals surface area contributed by atoms with Crippen LogP contribution in [0.3, 0.4) is 0 Å². The van der Waals surface area contributed by atoms with Gasteiger partial charge in [0.2, 0.25) is 0 Å². The number of ether oxygens (including phenoxy) is 1. The van der Waals surface area contributed by atoms with E-state index in [9.17, 15) is 0 Å². The van der Waals surface area contributed by atoms with Crippen LogP contribution in [0, 0.1) is 0 Å². The lowest BCUT2D eigenvalue weighted by molar-refractivity contribution is 0.0726. The van der Waals surface area contributed by atoms with Crippen LogP contribution in [0.1, 0.15) is 33.1 Å². The number of rotatable bonds is 1. The Bertz CT molecular complexity index is 163. The second-order valence-electron chi connectivity index (χ2n) is 4.42. The average molecular weight is 169 g/mol. The van der Waals surface area contributed by atoms with Crippen molar-refractivity contribution in [1.29, 1.82) is 0 Å². The van der Waals surface area contributed by atoms with Crippen LogP contribution in [0.25, 0.3) is 0 Å². The summed E-state index contributed by atoms with van der Waals surface area (Å²) in [5, 5.41) is 0. The number of nitrogens with zero attached hydrogens (tertiary/aromatic N) is 1. The quantitative estimate of drug-likeness (QED) is 0.592. The second kappa shape index (κ2) is 3.00. The molecule has 1 aliphatic carbocycles. The maximum atomic E-state index is 5.61. The Morgan fingerprint density at radius 1 is 1.33 bits per heavy atom. The molecule has 1 aliphatic heterocycles. The van der Waals surface area contributed by atoms with Gasteiger partial charge in [-0.3, -0.25) is 4.90 Å². The van der Waals surface area contributed by atoms with E-state index in [0.29, 0.717) is 11.6 Å². The highest BCUT2D eigenvalue weighted by Crippen LogP contribution is 2.44. The molecule has 0 aromatic rings. The summed E-state index contributed by atoms with van der Waals surface area (Å²) >= 11 is 0. The molecule has 2 aliphatic rings. The van der Waals surface area contributed by atoms with Crippen molar-refractivity contribution >= 4 is 0 Å². The summed E-state index contributed by atoms with van der Waals surface area (Å²) in [4.78, 5) is 2.64. The molecule has 70 valence electrons. The second-order valence-corrected chi connectivity index (χ2v) is 4.42. The molecule has 2 rings (SSSR count). The van der Waals surface area contributed by atoms with Crippen molar-refractivity contribution < 1.29 is 4.74 Å². The molecular weight excluding hydrogens is 150 g/mol. The van der Waals surface area contributed by atoms with Gasteiger partial charge in [-0.05, 0) is 33.1 Å². The molecule has 1 saturated heterocycles. The zero-order valence-electron chi connectivity index (χ0n) is 8.18. The maximum Gasteiger partial charge on any atom is 0.0650 e. The molecule has 2 heteroatoms. The van der Waals surface area contributed by atoms with E-state index in [4.69, 9.17) is 4.74 Å². The van der Waals surface area contributed by atoms with Crippen LogP contribution in [0.15, 0.2) is 0 Å². The Labute approximate surface area is 74.9 Å². The standard InChI is InChI=1S/C10H19NO/c1-9(2)11-6-3-7-12-8-10(11)4-5-10/h9H,3-8H2,1-2H3. The van der Waals surface area contributed by atoms with Gasteiger partial charge in [-0.25, -0.2) is 0 Å². The molecule has 12 heavy (non-hydrogen) atoms. The molecule has 1 heterocycles. The van der Waals surface area contributed by atoms with E-state index in [2.05, 4.69) is 18.7 Å². The summed E-state index contributed by atoms with van der Waals surface area (Å²) in [7, 11) is 0. The topological polar surface area (TPSA) is 12.5 Å². The highest BCUT2D eigenvalue weighted by molar-refractivity contribution is 5.05. The van der Waals surface area contributed by atoms with Crippen molar-refractivity contribution in [3.05, 3.63) is 0 Å². The van der Waals surface area contributed by atoms with Crippen molar-refractivity contribution in [2.45, 2.75) is 44.7 Å². The van der Waals surface area contributed by atoms with E-state index < -0.39 is 0 Å². The van der Waals surface area contributed by atoms with Gasteiger partial charge in [0.05, 0.1) is 6.61 Å². The molecule has 0 unspecified atom stereocenters. The Morgan fingerprint density at radius 2 is 2.08 bits per heavy atom. The molecule has 1 spiro atoms. The van der Waals surface area contributed by atoms with Crippen LogP contribution in [0.5, 0.6) is 0 Å². The van der Waals surface area contributed by atoms with Crippen LogP contribution in [-0.4, -0.2) is 36.2 Å². The molecule has 0 aromatic heterocycles. The van der Waals surface area contributed by atoms with E-state index >= 15 is 0 Å². The average Bonchev–Trinajstić information content (AvgIpc) is 2.80. The highest BCUT2D eigenvalue weighted by atomic mass is 16.5. The molecule has 0 bridgehead atoms. The number of hydrogen-bond donors (Lipinski definition) is 0. The molecule has 0 aromatic carbocycles. The summed E-state index contributed by atoms with van der Waals surface area (Å²) in [6, 6.07) is 0.689. The van der Waals surface area contributed by atoms with Gasteiger partial charge in [0.25, 0.3) is 0 Å². The lowest BCUT2D eigenvalue weighted by Crippen LogP contribution is -2.44. The van der Waals surface area contributed by atoms with Crippen LogP contribution in [0.2, 0.25) is 0 Å². The summed E-state index contributed by atoms with van der Waals surface area (Å²) < 4.78 is 5.61. The first kappa shape index (κ1) is 8.52. The van der Waals surface area contributed by atoms with Crippen molar-refractivity contribution in [2.24, 2.45) is 0 Å². The van der Waals surface area contributed by atoms with Gasteiger partial charge in [0.15, 0.2) is 0 Å². The number of hydrogen-bond acceptors (Lipinski definition) is 2. The molecule has 0 amide bonds. The fourth-order valence-electron chi connectivity index (χ4n) is 2.30. The Kier molecular flexibility index (Phi) is 2.13. The van der Waals surface area contributed by atoms with E-state index in [1.165, 1.54) is 25.8 Å². The van der Waals surface area contributed by atoms with Gasteiger partial charge in [0.1, 0.15) is 0 Å². The SMILES string of the molecule is CC(C)N1CCCOCC12CC2. The molecule has 0 radical (unpaired) electrons. The monoisotopic (exact) mass is 169 g/mol. The predicted octanol–water partition coefficient (Wildman–Crippen LogP) is 1.65. The first-order chi connectivity index (χ1) is 5.75. The fourth-order valence-corrected chi connectivity index (χ4v) is 2.30. The predicted molar refractivity (Wildman–Crippen MR) is 49.2 cm³/mol.